The molecular formula is C13H22INO3. The summed E-state index contributed by atoms with van der Waals surface area (Å²) in [5, 5.41) is 0. The minimum atomic E-state index is -0.413. The fraction of sp³-hybridized carbons (Fsp3) is 0.923. The first-order valence-electron chi connectivity index (χ1n) is 6.56. The Kier molecular flexibility index (Phi) is 4.11. The van der Waals surface area contributed by atoms with E-state index in [9.17, 15) is 4.79 Å². The van der Waals surface area contributed by atoms with Crippen LogP contribution in [-0.2, 0) is 9.47 Å². The van der Waals surface area contributed by atoms with Gasteiger partial charge in [0.1, 0.15) is 5.60 Å². The largest absolute Gasteiger partial charge is 0.444 e. The molecule has 0 aromatic rings. The van der Waals surface area contributed by atoms with E-state index in [0.717, 1.165) is 39.0 Å². The van der Waals surface area contributed by atoms with Gasteiger partial charge in [-0.2, -0.15) is 0 Å². The van der Waals surface area contributed by atoms with E-state index in [2.05, 4.69) is 22.6 Å². The molecule has 18 heavy (non-hydrogen) atoms. The molecule has 2 saturated heterocycles. The fourth-order valence-corrected chi connectivity index (χ4v) is 3.54. The van der Waals surface area contributed by atoms with Crippen molar-refractivity contribution in [3.8, 4) is 0 Å². The molecule has 0 aliphatic carbocycles. The maximum Gasteiger partial charge on any atom is 0.410 e. The van der Waals surface area contributed by atoms with Crippen LogP contribution in [0.3, 0.4) is 0 Å². The molecule has 2 fully saturated rings. The van der Waals surface area contributed by atoms with Gasteiger partial charge in [0.25, 0.3) is 0 Å². The van der Waals surface area contributed by atoms with Crippen LogP contribution in [0.1, 0.15) is 40.0 Å². The summed E-state index contributed by atoms with van der Waals surface area (Å²) in [5.41, 5.74) is -0.381. The van der Waals surface area contributed by atoms with Crippen LogP contribution in [0.5, 0.6) is 0 Å². The molecule has 0 aromatic heterocycles. The first kappa shape index (κ1) is 14.4. The second kappa shape index (κ2) is 5.15. The highest BCUT2D eigenvalue weighted by atomic mass is 127. The number of rotatable bonds is 0. The number of alkyl halides is 1. The van der Waals surface area contributed by atoms with Gasteiger partial charge in [0.2, 0.25) is 0 Å². The predicted molar refractivity (Wildman–Crippen MR) is 78.1 cm³/mol. The number of carbonyl (C=O) groups is 1. The highest BCUT2D eigenvalue weighted by molar-refractivity contribution is 14.1. The molecule has 0 saturated carbocycles. The molecule has 2 heterocycles. The molecule has 4 nitrogen and oxygen atoms in total. The lowest BCUT2D eigenvalue weighted by Crippen LogP contribution is -2.47. The third kappa shape index (κ3) is 3.50. The molecule has 1 unspecified atom stereocenters. The Bertz CT molecular complexity index is 319. The van der Waals surface area contributed by atoms with E-state index in [1.165, 1.54) is 0 Å². The summed E-state index contributed by atoms with van der Waals surface area (Å²) in [6, 6.07) is 0. The molecular weight excluding hydrogens is 345 g/mol. The number of amides is 1. The summed E-state index contributed by atoms with van der Waals surface area (Å²) in [6.45, 7) is 8.05. The topological polar surface area (TPSA) is 38.8 Å². The summed E-state index contributed by atoms with van der Waals surface area (Å²) in [4.78, 5) is 13.7. The van der Waals surface area contributed by atoms with Crippen LogP contribution < -0.4 is 0 Å². The zero-order chi connectivity index (χ0) is 13.4. The SMILES string of the molecule is CC(C)(C)OC(=O)N1CCC2(CC1)CC(I)CO2. The molecule has 2 aliphatic rings. The zero-order valence-corrected chi connectivity index (χ0v) is 13.5. The molecule has 0 bridgehead atoms. The van der Waals surface area contributed by atoms with Gasteiger partial charge in [0.15, 0.2) is 0 Å². The Labute approximate surface area is 123 Å². The van der Waals surface area contributed by atoms with E-state index < -0.39 is 5.60 Å². The molecule has 0 aromatic carbocycles. The Balaban J connectivity index is 1.85. The lowest BCUT2D eigenvalue weighted by Gasteiger charge is -2.38. The van der Waals surface area contributed by atoms with Crippen molar-refractivity contribution in [2.24, 2.45) is 0 Å². The van der Waals surface area contributed by atoms with Crippen LogP contribution in [0.4, 0.5) is 4.79 Å². The van der Waals surface area contributed by atoms with Crippen molar-refractivity contribution in [2.75, 3.05) is 19.7 Å². The van der Waals surface area contributed by atoms with Gasteiger partial charge in [-0.3, -0.25) is 0 Å². The molecule has 0 radical (unpaired) electrons. The van der Waals surface area contributed by atoms with Gasteiger partial charge in [-0.1, -0.05) is 22.6 Å². The molecule has 104 valence electrons. The molecule has 2 aliphatic heterocycles. The van der Waals surface area contributed by atoms with Crippen LogP contribution in [0, 0.1) is 0 Å². The van der Waals surface area contributed by atoms with Crippen LogP contribution in [0.15, 0.2) is 0 Å². The van der Waals surface area contributed by atoms with Crippen molar-refractivity contribution in [1.29, 1.82) is 0 Å². The smallest absolute Gasteiger partial charge is 0.410 e. The second-order valence-electron chi connectivity index (χ2n) is 6.26. The first-order chi connectivity index (χ1) is 8.30. The number of ether oxygens (including phenoxy) is 2. The van der Waals surface area contributed by atoms with Gasteiger partial charge < -0.3 is 14.4 Å². The third-order valence-corrected chi connectivity index (χ3v) is 4.29. The minimum Gasteiger partial charge on any atom is -0.444 e. The Morgan fingerprint density at radius 1 is 1.39 bits per heavy atom. The van der Waals surface area contributed by atoms with Crippen molar-refractivity contribution >= 4 is 28.7 Å². The number of hydrogen-bond acceptors (Lipinski definition) is 3. The van der Waals surface area contributed by atoms with Gasteiger partial charge in [0.05, 0.1) is 12.2 Å². The van der Waals surface area contributed by atoms with Crippen molar-refractivity contribution in [2.45, 2.75) is 55.2 Å². The second-order valence-corrected chi connectivity index (χ2v) is 8.02. The van der Waals surface area contributed by atoms with E-state index >= 15 is 0 Å². The van der Waals surface area contributed by atoms with Gasteiger partial charge in [0, 0.05) is 17.0 Å². The highest BCUT2D eigenvalue weighted by Gasteiger charge is 2.43. The van der Waals surface area contributed by atoms with Crippen molar-refractivity contribution in [1.82, 2.24) is 4.90 Å². The monoisotopic (exact) mass is 367 g/mol. The van der Waals surface area contributed by atoms with Gasteiger partial charge in [-0.25, -0.2) is 4.79 Å². The lowest BCUT2D eigenvalue weighted by molar-refractivity contribution is -0.0484. The Morgan fingerprint density at radius 2 is 2.00 bits per heavy atom. The number of nitrogens with zero attached hydrogens (tertiary/aromatic N) is 1. The maximum atomic E-state index is 11.9. The average molecular weight is 367 g/mol. The van der Waals surface area contributed by atoms with E-state index in [1.807, 2.05) is 20.8 Å². The van der Waals surface area contributed by atoms with Gasteiger partial charge >= 0.3 is 6.09 Å². The predicted octanol–water partition coefficient (Wildman–Crippen LogP) is 2.98. The normalized spacial score (nSPS) is 27.6. The molecule has 1 atom stereocenters. The lowest BCUT2D eigenvalue weighted by atomic mass is 9.89. The Morgan fingerprint density at radius 3 is 2.44 bits per heavy atom. The van der Waals surface area contributed by atoms with Crippen LogP contribution in [0.2, 0.25) is 0 Å². The van der Waals surface area contributed by atoms with E-state index in [-0.39, 0.29) is 11.7 Å². The van der Waals surface area contributed by atoms with Crippen LogP contribution in [0.25, 0.3) is 0 Å². The summed E-state index contributed by atoms with van der Waals surface area (Å²) in [7, 11) is 0. The molecule has 5 heteroatoms. The van der Waals surface area contributed by atoms with Crippen molar-refractivity contribution in [3.05, 3.63) is 0 Å². The molecule has 0 N–H and O–H groups in total. The number of halogens is 1. The standard InChI is InChI=1S/C13H22INO3/c1-12(2,3)18-11(16)15-6-4-13(5-7-15)8-10(14)9-17-13/h10H,4-9H2,1-3H3. The van der Waals surface area contributed by atoms with E-state index in [4.69, 9.17) is 9.47 Å². The first-order valence-corrected chi connectivity index (χ1v) is 7.80. The van der Waals surface area contributed by atoms with E-state index in [1.54, 1.807) is 4.90 Å². The van der Waals surface area contributed by atoms with Gasteiger partial charge in [-0.05, 0) is 40.0 Å². The maximum absolute atomic E-state index is 11.9. The minimum absolute atomic E-state index is 0.0321. The number of hydrogen-bond donors (Lipinski definition) is 0. The summed E-state index contributed by atoms with van der Waals surface area (Å²) in [5.74, 6) is 0. The fourth-order valence-electron chi connectivity index (χ4n) is 2.56. The summed E-state index contributed by atoms with van der Waals surface area (Å²) >= 11 is 2.45. The Hall–Kier alpha value is -0.0400. The average Bonchev–Trinajstić information content (AvgIpc) is 2.58. The third-order valence-electron chi connectivity index (χ3n) is 3.49. The molecule has 2 rings (SSSR count). The summed E-state index contributed by atoms with van der Waals surface area (Å²) < 4.78 is 12.0. The zero-order valence-electron chi connectivity index (χ0n) is 11.4. The quantitative estimate of drug-likeness (QED) is 0.488. The van der Waals surface area contributed by atoms with Gasteiger partial charge in [-0.15, -0.1) is 0 Å². The van der Waals surface area contributed by atoms with E-state index in [0.29, 0.717) is 3.92 Å². The molecule has 1 amide bonds. The van der Waals surface area contributed by atoms with Crippen LogP contribution in [-0.4, -0.2) is 45.8 Å². The highest BCUT2D eigenvalue weighted by Crippen LogP contribution is 2.38. The number of piperidine rings is 1. The van der Waals surface area contributed by atoms with Crippen molar-refractivity contribution < 1.29 is 14.3 Å². The van der Waals surface area contributed by atoms with Crippen molar-refractivity contribution in [3.63, 3.8) is 0 Å². The number of carbonyl (C=O) groups excluding carboxylic acids is 1. The number of likely N-dealkylation sites (tertiary alicyclic amines) is 1. The summed E-state index contributed by atoms with van der Waals surface area (Å²) in [6.07, 6.45) is 2.80. The molecule has 1 spiro atoms. The van der Waals surface area contributed by atoms with Crippen LogP contribution >= 0.6 is 22.6 Å².